The van der Waals surface area contributed by atoms with Crippen LogP contribution in [0.4, 0.5) is 0 Å². The lowest BCUT2D eigenvalue weighted by atomic mass is 9.95. The predicted molar refractivity (Wildman–Crippen MR) is 80.4 cm³/mol. The van der Waals surface area contributed by atoms with E-state index in [-0.39, 0.29) is 0 Å². The molecule has 4 heteroatoms. The molecule has 0 aromatic heterocycles. The molecule has 0 saturated carbocycles. The summed E-state index contributed by atoms with van der Waals surface area (Å²) in [5.74, 6) is 0. The number of benzene rings is 2. The van der Waals surface area contributed by atoms with Crippen LogP contribution in [0, 0.1) is 0 Å². The van der Waals surface area contributed by atoms with Crippen LogP contribution in [0.1, 0.15) is 11.1 Å². The van der Waals surface area contributed by atoms with Crippen molar-refractivity contribution in [3.63, 3.8) is 0 Å². The highest BCUT2D eigenvalue weighted by molar-refractivity contribution is 7.90. The SMILES string of the molecule is CS(=O)(=O)c1ccc(-c2ccc3c(c2)CCNC3)cc1. The summed E-state index contributed by atoms with van der Waals surface area (Å²) in [7, 11) is -3.12. The van der Waals surface area contributed by atoms with Gasteiger partial charge in [-0.2, -0.15) is 0 Å². The van der Waals surface area contributed by atoms with Crippen molar-refractivity contribution in [2.45, 2.75) is 17.9 Å². The molecule has 1 heterocycles. The molecule has 0 fully saturated rings. The van der Waals surface area contributed by atoms with Crippen LogP contribution < -0.4 is 5.32 Å². The number of hydrogen-bond donors (Lipinski definition) is 1. The summed E-state index contributed by atoms with van der Waals surface area (Å²) < 4.78 is 22.9. The highest BCUT2D eigenvalue weighted by atomic mass is 32.2. The molecule has 0 saturated heterocycles. The highest BCUT2D eigenvalue weighted by Gasteiger charge is 2.10. The average Bonchev–Trinajstić information content (AvgIpc) is 2.46. The number of rotatable bonds is 2. The average molecular weight is 287 g/mol. The van der Waals surface area contributed by atoms with E-state index < -0.39 is 9.84 Å². The van der Waals surface area contributed by atoms with Crippen molar-refractivity contribution in [1.29, 1.82) is 0 Å². The predicted octanol–water partition coefficient (Wildman–Crippen LogP) is 2.40. The molecular formula is C16H17NO2S. The van der Waals surface area contributed by atoms with Gasteiger partial charge in [-0.25, -0.2) is 8.42 Å². The number of sulfone groups is 1. The van der Waals surface area contributed by atoms with Crippen LogP contribution in [-0.4, -0.2) is 21.2 Å². The first-order valence-corrected chi connectivity index (χ1v) is 8.56. The molecule has 1 N–H and O–H groups in total. The van der Waals surface area contributed by atoms with E-state index in [0.29, 0.717) is 4.90 Å². The zero-order valence-corrected chi connectivity index (χ0v) is 12.2. The summed E-state index contributed by atoms with van der Waals surface area (Å²) >= 11 is 0. The van der Waals surface area contributed by atoms with E-state index in [9.17, 15) is 8.42 Å². The van der Waals surface area contributed by atoms with Crippen LogP contribution in [0.5, 0.6) is 0 Å². The Hall–Kier alpha value is -1.65. The Morgan fingerprint density at radius 2 is 1.65 bits per heavy atom. The minimum atomic E-state index is -3.12. The van der Waals surface area contributed by atoms with E-state index in [1.54, 1.807) is 12.1 Å². The van der Waals surface area contributed by atoms with E-state index in [0.717, 1.165) is 30.6 Å². The van der Waals surface area contributed by atoms with Gasteiger partial charge in [-0.05, 0) is 47.4 Å². The normalized spacial score (nSPS) is 14.8. The molecule has 20 heavy (non-hydrogen) atoms. The topological polar surface area (TPSA) is 46.2 Å². The van der Waals surface area contributed by atoms with Crippen molar-refractivity contribution < 1.29 is 8.42 Å². The quantitative estimate of drug-likeness (QED) is 0.922. The van der Waals surface area contributed by atoms with Crippen molar-refractivity contribution in [3.8, 4) is 11.1 Å². The van der Waals surface area contributed by atoms with E-state index >= 15 is 0 Å². The van der Waals surface area contributed by atoms with Gasteiger partial charge >= 0.3 is 0 Å². The van der Waals surface area contributed by atoms with Crippen LogP contribution in [0.3, 0.4) is 0 Å². The molecule has 1 aliphatic heterocycles. The second kappa shape index (κ2) is 5.04. The van der Waals surface area contributed by atoms with Gasteiger partial charge in [-0.1, -0.05) is 30.3 Å². The van der Waals surface area contributed by atoms with Gasteiger partial charge in [0.15, 0.2) is 9.84 Å². The van der Waals surface area contributed by atoms with Crippen LogP contribution in [0.15, 0.2) is 47.4 Å². The molecule has 104 valence electrons. The molecule has 1 aliphatic rings. The van der Waals surface area contributed by atoms with Crippen molar-refractivity contribution in [1.82, 2.24) is 5.32 Å². The maximum Gasteiger partial charge on any atom is 0.175 e. The van der Waals surface area contributed by atoms with Crippen LogP contribution in [-0.2, 0) is 22.8 Å². The molecule has 2 aromatic carbocycles. The van der Waals surface area contributed by atoms with Gasteiger partial charge in [0.1, 0.15) is 0 Å². The Morgan fingerprint density at radius 3 is 2.35 bits per heavy atom. The summed E-state index contributed by atoms with van der Waals surface area (Å²) in [6.45, 7) is 1.95. The van der Waals surface area contributed by atoms with Crippen molar-refractivity contribution in [2.75, 3.05) is 12.8 Å². The second-order valence-corrected chi connectivity index (χ2v) is 7.22. The minimum absolute atomic E-state index is 0.364. The summed E-state index contributed by atoms with van der Waals surface area (Å²) in [6.07, 6.45) is 2.28. The Bertz CT molecular complexity index is 734. The summed E-state index contributed by atoms with van der Waals surface area (Å²) in [6, 6.07) is 13.6. The third-order valence-corrected chi connectivity index (χ3v) is 4.84. The molecule has 0 unspecified atom stereocenters. The van der Waals surface area contributed by atoms with Crippen LogP contribution in [0.25, 0.3) is 11.1 Å². The zero-order chi connectivity index (χ0) is 14.2. The molecule has 0 aliphatic carbocycles. The maximum absolute atomic E-state index is 11.5. The molecule has 2 aromatic rings. The first kappa shape index (κ1) is 13.3. The standard InChI is InChI=1S/C16H17NO2S/c1-20(18,19)16-6-4-12(5-7-16)13-2-3-15-11-17-9-8-14(15)10-13/h2-7,10,17H,8-9,11H2,1H3. The van der Waals surface area contributed by atoms with Gasteiger partial charge in [-0.3, -0.25) is 0 Å². The van der Waals surface area contributed by atoms with E-state index in [1.807, 2.05) is 12.1 Å². The lowest BCUT2D eigenvalue weighted by Gasteiger charge is -2.18. The lowest BCUT2D eigenvalue weighted by molar-refractivity contribution is 0.602. The van der Waals surface area contributed by atoms with Gasteiger partial charge < -0.3 is 5.32 Å². The Balaban J connectivity index is 1.97. The third-order valence-electron chi connectivity index (χ3n) is 3.71. The highest BCUT2D eigenvalue weighted by Crippen LogP contribution is 2.25. The molecular weight excluding hydrogens is 270 g/mol. The molecule has 3 rings (SSSR count). The fourth-order valence-corrected chi connectivity index (χ4v) is 3.18. The Morgan fingerprint density at radius 1 is 0.950 bits per heavy atom. The molecule has 0 bridgehead atoms. The Kier molecular flexibility index (Phi) is 3.36. The van der Waals surface area contributed by atoms with Gasteiger partial charge in [0, 0.05) is 12.8 Å². The molecule has 3 nitrogen and oxygen atoms in total. The van der Waals surface area contributed by atoms with Crippen LogP contribution in [0.2, 0.25) is 0 Å². The smallest absolute Gasteiger partial charge is 0.175 e. The van der Waals surface area contributed by atoms with E-state index in [2.05, 4.69) is 23.5 Å². The number of nitrogens with one attached hydrogen (secondary N) is 1. The van der Waals surface area contributed by atoms with Crippen LogP contribution >= 0.6 is 0 Å². The number of fused-ring (bicyclic) bond motifs is 1. The first-order valence-electron chi connectivity index (χ1n) is 6.67. The fraction of sp³-hybridized carbons (Fsp3) is 0.250. The minimum Gasteiger partial charge on any atom is -0.312 e. The van der Waals surface area contributed by atoms with Gasteiger partial charge in [0.05, 0.1) is 4.90 Å². The van der Waals surface area contributed by atoms with Crippen molar-refractivity contribution >= 4 is 9.84 Å². The summed E-state index contributed by atoms with van der Waals surface area (Å²) in [4.78, 5) is 0.364. The zero-order valence-electron chi connectivity index (χ0n) is 11.4. The lowest BCUT2D eigenvalue weighted by Crippen LogP contribution is -2.23. The fourth-order valence-electron chi connectivity index (χ4n) is 2.55. The van der Waals surface area contributed by atoms with Crippen molar-refractivity contribution in [3.05, 3.63) is 53.6 Å². The Labute approximate surface area is 119 Å². The number of hydrogen-bond acceptors (Lipinski definition) is 3. The molecule has 0 radical (unpaired) electrons. The monoisotopic (exact) mass is 287 g/mol. The molecule has 0 spiro atoms. The summed E-state index contributed by atoms with van der Waals surface area (Å²) in [5.41, 5.74) is 4.94. The van der Waals surface area contributed by atoms with Crippen molar-refractivity contribution in [2.24, 2.45) is 0 Å². The second-order valence-electron chi connectivity index (χ2n) is 5.21. The van der Waals surface area contributed by atoms with Gasteiger partial charge in [0.25, 0.3) is 0 Å². The largest absolute Gasteiger partial charge is 0.312 e. The van der Waals surface area contributed by atoms with E-state index in [4.69, 9.17) is 0 Å². The molecule has 0 amide bonds. The third kappa shape index (κ3) is 2.62. The van der Waals surface area contributed by atoms with Gasteiger partial charge in [-0.15, -0.1) is 0 Å². The first-order chi connectivity index (χ1) is 9.54. The summed E-state index contributed by atoms with van der Waals surface area (Å²) in [5, 5.41) is 3.36. The van der Waals surface area contributed by atoms with E-state index in [1.165, 1.54) is 17.4 Å². The maximum atomic E-state index is 11.5. The molecule has 0 atom stereocenters. The van der Waals surface area contributed by atoms with Gasteiger partial charge in [0.2, 0.25) is 0 Å².